The molecular weight excluding hydrogens is 299 g/mol. The van der Waals surface area contributed by atoms with Gasteiger partial charge in [-0.05, 0) is 5.56 Å². The Balaban J connectivity index is 2.50. The number of carbonyl (C=O) groups is 2. The van der Waals surface area contributed by atoms with Crippen LogP contribution in [0.1, 0.15) is 5.56 Å². The van der Waals surface area contributed by atoms with E-state index in [0.717, 1.165) is 12.2 Å². The van der Waals surface area contributed by atoms with Crippen LogP contribution in [0.2, 0.25) is 0 Å². The SMILES string of the molecule is NCC(ON1C(=O)C=CC1=O)(c1ccccc1)P(=O)(O)O. The monoisotopic (exact) mass is 312 g/mol. The molecule has 1 heterocycles. The first-order chi connectivity index (χ1) is 9.82. The minimum absolute atomic E-state index is 0.0633. The van der Waals surface area contributed by atoms with Gasteiger partial charge in [-0.25, -0.2) is 4.84 Å². The quantitative estimate of drug-likeness (QED) is 0.508. The first-order valence-electron chi connectivity index (χ1n) is 5.88. The fourth-order valence-corrected chi connectivity index (χ4v) is 2.79. The number of hydroxylamine groups is 2. The molecule has 1 aromatic carbocycles. The second-order valence-corrected chi connectivity index (χ2v) is 6.10. The predicted molar refractivity (Wildman–Crippen MR) is 71.3 cm³/mol. The van der Waals surface area contributed by atoms with Crippen LogP contribution in [-0.4, -0.2) is 33.2 Å². The molecule has 1 aliphatic heterocycles. The molecule has 1 atom stereocenters. The summed E-state index contributed by atoms with van der Waals surface area (Å²) in [5, 5.41) is -2.02. The highest BCUT2D eigenvalue weighted by Gasteiger charge is 2.52. The molecule has 8 nitrogen and oxygen atoms in total. The Kier molecular flexibility index (Phi) is 4.08. The molecular formula is C12H13N2O6P. The zero-order chi connectivity index (χ0) is 15.7. The van der Waals surface area contributed by atoms with Crippen LogP contribution in [0, 0.1) is 0 Å². The van der Waals surface area contributed by atoms with Crippen LogP contribution >= 0.6 is 7.60 Å². The van der Waals surface area contributed by atoms with Crippen molar-refractivity contribution in [3.8, 4) is 0 Å². The topological polar surface area (TPSA) is 130 Å². The van der Waals surface area contributed by atoms with Crippen LogP contribution in [0.3, 0.4) is 0 Å². The first-order valence-corrected chi connectivity index (χ1v) is 7.49. The van der Waals surface area contributed by atoms with Crippen molar-refractivity contribution < 1.29 is 28.8 Å². The molecule has 1 aliphatic rings. The number of carbonyl (C=O) groups excluding carboxylic acids is 2. The normalized spacial score (nSPS) is 18.1. The van der Waals surface area contributed by atoms with Gasteiger partial charge in [0, 0.05) is 18.7 Å². The van der Waals surface area contributed by atoms with Crippen molar-refractivity contribution in [2.24, 2.45) is 5.73 Å². The van der Waals surface area contributed by atoms with Crippen LogP contribution in [0.15, 0.2) is 42.5 Å². The van der Waals surface area contributed by atoms with Crippen LogP contribution in [-0.2, 0) is 24.3 Å². The molecule has 0 aliphatic carbocycles. The van der Waals surface area contributed by atoms with Gasteiger partial charge in [0.1, 0.15) is 0 Å². The molecule has 1 unspecified atom stereocenters. The van der Waals surface area contributed by atoms with Crippen molar-refractivity contribution in [2.75, 3.05) is 6.54 Å². The second-order valence-electron chi connectivity index (χ2n) is 4.29. The molecule has 0 bridgehead atoms. The Bertz CT molecular complexity index is 622. The number of nitrogens with two attached hydrogens (primary N) is 1. The minimum Gasteiger partial charge on any atom is -0.327 e. The van der Waals surface area contributed by atoms with Gasteiger partial charge in [-0.1, -0.05) is 30.3 Å². The van der Waals surface area contributed by atoms with Crippen molar-refractivity contribution >= 4 is 19.4 Å². The Morgan fingerprint density at radius 3 is 2.10 bits per heavy atom. The summed E-state index contributed by atoms with van der Waals surface area (Å²) in [6, 6.07) is 7.49. The number of imide groups is 1. The van der Waals surface area contributed by atoms with E-state index in [2.05, 4.69) is 0 Å². The van der Waals surface area contributed by atoms with E-state index in [4.69, 9.17) is 10.6 Å². The maximum absolute atomic E-state index is 11.9. The van der Waals surface area contributed by atoms with E-state index in [9.17, 15) is 23.9 Å². The summed E-state index contributed by atoms with van der Waals surface area (Å²) in [7, 11) is -4.96. The molecule has 21 heavy (non-hydrogen) atoms. The number of hydrogen-bond donors (Lipinski definition) is 3. The largest absolute Gasteiger partial charge is 0.365 e. The maximum Gasteiger partial charge on any atom is 0.365 e. The van der Waals surface area contributed by atoms with E-state index in [1.807, 2.05) is 0 Å². The molecule has 4 N–H and O–H groups in total. The van der Waals surface area contributed by atoms with Crippen LogP contribution in [0.5, 0.6) is 0 Å². The second kappa shape index (κ2) is 5.51. The van der Waals surface area contributed by atoms with Crippen molar-refractivity contribution in [3.63, 3.8) is 0 Å². The van der Waals surface area contributed by atoms with E-state index in [0.29, 0.717) is 5.06 Å². The molecule has 0 aromatic heterocycles. The third-order valence-electron chi connectivity index (χ3n) is 2.98. The lowest BCUT2D eigenvalue weighted by molar-refractivity contribution is -0.213. The van der Waals surface area contributed by atoms with Crippen molar-refractivity contribution in [3.05, 3.63) is 48.0 Å². The summed E-state index contributed by atoms with van der Waals surface area (Å²) in [5.74, 6) is -1.66. The lowest BCUT2D eigenvalue weighted by Gasteiger charge is -2.35. The molecule has 0 spiro atoms. The van der Waals surface area contributed by atoms with Gasteiger partial charge in [-0.2, -0.15) is 0 Å². The molecule has 0 radical (unpaired) electrons. The number of amides is 2. The fourth-order valence-electron chi connectivity index (χ4n) is 1.87. The molecule has 0 saturated carbocycles. The minimum atomic E-state index is -4.96. The zero-order valence-electron chi connectivity index (χ0n) is 10.7. The van der Waals surface area contributed by atoms with E-state index < -0.39 is 31.3 Å². The lowest BCUT2D eigenvalue weighted by atomic mass is 10.1. The maximum atomic E-state index is 11.9. The van der Waals surface area contributed by atoms with Gasteiger partial charge in [0.25, 0.3) is 11.8 Å². The molecule has 9 heteroatoms. The fraction of sp³-hybridized carbons (Fsp3) is 0.167. The summed E-state index contributed by atoms with van der Waals surface area (Å²) in [5.41, 5.74) is 5.57. The summed E-state index contributed by atoms with van der Waals surface area (Å²) in [6.07, 6.45) is 1.88. The highest BCUT2D eigenvalue weighted by Crippen LogP contribution is 2.57. The molecule has 0 saturated heterocycles. The van der Waals surface area contributed by atoms with E-state index in [1.54, 1.807) is 6.07 Å². The third-order valence-corrected chi connectivity index (χ3v) is 4.45. The van der Waals surface area contributed by atoms with Crippen molar-refractivity contribution in [1.29, 1.82) is 0 Å². The van der Waals surface area contributed by atoms with Gasteiger partial charge in [0.2, 0.25) is 5.34 Å². The zero-order valence-corrected chi connectivity index (χ0v) is 11.6. The number of rotatable bonds is 5. The molecule has 2 amide bonds. The molecule has 112 valence electrons. The number of hydrogen-bond acceptors (Lipinski definition) is 5. The Hall–Kier alpha value is -1.83. The summed E-state index contributed by atoms with van der Waals surface area (Å²) in [6.45, 7) is -0.627. The van der Waals surface area contributed by atoms with Gasteiger partial charge in [0.05, 0.1) is 0 Å². The smallest absolute Gasteiger partial charge is 0.327 e. The standard InChI is InChI=1S/C12H13N2O6P/c13-8-12(21(17,18)19,9-4-2-1-3-5-9)20-14-10(15)6-7-11(14)16/h1-7H,8,13H2,(H2,17,18,19). The first kappa shape index (κ1) is 15.6. The van der Waals surface area contributed by atoms with Gasteiger partial charge in [-0.15, -0.1) is 5.06 Å². The van der Waals surface area contributed by atoms with Gasteiger partial charge in [-0.3, -0.25) is 14.2 Å². The number of benzene rings is 1. The molecule has 0 fully saturated rings. The van der Waals surface area contributed by atoms with Crippen molar-refractivity contribution in [2.45, 2.75) is 5.34 Å². The van der Waals surface area contributed by atoms with E-state index >= 15 is 0 Å². The van der Waals surface area contributed by atoms with Crippen LogP contribution in [0.4, 0.5) is 0 Å². The summed E-state index contributed by atoms with van der Waals surface area (Å²) in [4.78, 5) is 47.5. The van der Waals surface area contributed by atoms with Crippen LogP contribution < -0.4 is 5.73 Å². The highest BCUT2D eigenvalue weighted by atomic mass is 31.2. The third kappa shape index (κ3) is 2.67. The summed E-state index contributed by atoms with van der Waals surface area (Å²) >= 11 is 0. The summed E-state index contributed by atoms with van der Waals surface area (Å²) < 4.78 is 11.9. The van der Waals surface area contributed by atoms with Gasteiger partial charge in [0.15, 0.2) is 0 Å². The average Bonchev–Trinajstić information content (AvgIpc) is 2.75. The average molecular weight is 312 g/mol. The Labute approximate surface area is 119 Å². The van der Waals surface area contributed by atoms with Crippen molar-refractivity contribution in [1.82, 2.24) is 5.06 Å². The molecule has 1 aromatic rings. The van der Waals surface area contributed by atoms with E-state index in [1.165, 1.54) is 24.3 Å². The lowest BCUT2D eigenvalue weighted by Crippen LogP contribution is -2.45. The Morgan fingerprint density at radius 2 is 1.67 bits per heavy atom. The van der Waals surface area contributed by atoms with Gasteiger partial charge >= 0.3 is 7.60 Å². The Morgan fingerprint density at radius 1 is 1.14 bits per heavy atom. The van der Waals surface area contributed by atoms with Crippen LogP contribution in [0.25, 0.3) is 0 Å². The highest BCUT2D eigenvalue weighted by molar-refractivity contribution is 7.53. The van der Waals surface area contributed by atoms with Gasteiger partial charge < -0.3 is 15.5 Å². The predicted octanol–water partition coefficient (Wildman–Crippen LogP) is -0.168. The molecule has 2 rings (SSSR count). The van der Waals surface area contributed by atoms with E-state index in [-0.39, 0.29) is 5.56 Å². The number of nitrogens with zero attached hydrogens (tertiary/aromatic N) is 1.